The van der Waals surface area contributed by atoms with Crippen molar-refractivity contribution in [1.29, 1.82) is 0 Å². The van der Waals surface area contributed by atoms with Crippen LogP contribution in [0.3, 0.4) is 0 Å². The summed E-state index contributed by atoms with van der Waals surface area (Å²) < 4.78 is 3.22. The number of alkyl halides is 2. The van der Waals surface area contributed by atoms with Gasteiger partial charge in [0.1, 0.15) is 0 Å². The third kappa shape index (κ3) is 2.94. The summed E-state index contributed by atoms with van der Waals surface area (Å²) in [5, 5.41) is 0. The zero-order chi connectivity index (χ0) is 2.83. The van der Waals surface area contributed by atoms with E-state index in [1.54, 1.807) is 15.3 Å². The van der Waals surface area contributed by atoms with Gasteiger partial charge in [0.25, 0.3) is 0 Å². The van der Waals surface area contributed by atoms with Crippen LogP contribution in [-0.2, 0) is 0 Å². The average molecular weight is 201 g/mol. The normalized spacial score (nSPS) is 17.3. The molecule has 0 amide bonds. The van der Waals surface area contributed by atoms with E-state index in [0.29, 0.717) is 0 Å². The summed E-state index contributed by atoms with van der Waals surface area (Å²) >= 11 is 0.791. The van der Waals surface area contributed by atoms with Crippen LogP contribution in [0.5, 0.6) is 0 Å². The number of hydrogen-bond donors (Lipinski definition) is 0. The molecule has 0 N–H and O–H groups in total. The second-order valence-corrected chi connectivity index (χ2v) is 4.16. The third-order valence-corrected chi connectivity index (χ3v) is 3.59. The molecule has 1 aliphatic heterocycles. The second-order valence-electron chi connectivity index (χ2n) is 0.921. The first-order chi connectivity index (χ1) is 2.00. The maximum absolute atomic E-state index is 1.61. The molecule has 0 aliphatic carbocycles. The van der Waals surface area contributed by atoms with Crippen LogP contribution in [0.1, 0.15) is 21.3 Å². The van der Waals surface area contributed by atoms with Crippen molar-refractivity contribution < 1.29 is 21.2 Å². The maximum atomic E-state index is 1.61. The fourth-order valence-electron chi connectivity index (χ4n) is 0.134. The third-order valence-electron chi connectivity index (χ3n) is 0.535. The van der Waals surface area contributed by atoms with Crippen molar-refractivity contribution >= 4 is 0 Å². The minimum atomic E-state index is 0. The Hall–Kier alpha value is 0.730. The number of rotatable bonds is 0. The fraction of sp³-hybridized carbons (Fsp3) is 1.00. The van der Waals surface area contributed by atoms with Crippen LogP contribution in [0.4, 0.5) is 0 Å². The molecule has 1 saturated heterocycles. The number of halogens is 1. The van der Waals surface area contributed by atoms with E-state index in [0.717, 1.165) is 21.2 Å². The Morgan fingerprint density at radius 3 is 1.17 bits per heavy atom. The molecule has 0 aromatic carbocycles. The van der Waals surface area contributed by atoms with Gasteiger partial charge in [-0.3, -0.25) is 0 Å². The summed E-state index contributed by atoms with van der Waals surface area (Å²) in [5.41, 5.74) is 0. The van der Waals surface area contributed by atoms with E-state index in [1.807, 2.05) is 0 Å². The predicted molar refractivity (Wildman–Crippen MR) is 27.8 cm³/mol. The molecule has 0 unspecified atom stereocenters. The van der Waals surface area contributed by atoms with Gasteiger partial charge in [0.05, 0.1) is 0 Å². The monoisotopic (exact) mass is 201 g/mol. The topological polar surface area (TPSA) is 0 Å². The molecular formula is C5H14I-. The van der Waals surface area contributed by atoms with Crippen molar-refractivity contribution in [3.63, 3.8) is 0 Å². The van der Waals surface area contributed by atoms with E-state index in [-0.39, 0.29) is 14.9 Å². The van der Waals surface area contributed by atoms with Crippen LogP contribution >= 0.6 is 0 Å². The summed E-state index contributed by atoms with van der Waals surface area (Å²) in [7, 11) is 0. The zero-order valence-electron chi connectivity index (χ0n) is 2.50. The zero-order valence-corrected chi connectivity index (χ0v) is 4.66. The Kier molecular flexibility index (Phi) is 9.43. The Bertz CT molecular complexity index is 11.9. The molecule has 42 valence electrons. The van der Waals surface area contributed by atoms with E-state index in [2.05, 4.69) is 0 Å². The summed E-state index contributed by atoms with van der Waals surface area (Å²) in [5.74, 6) is 0. The van der Waals surface area contributed by atoms with Gasteiger partial charge in [0.15, 0.2) is 0 Å². The van der Waals surface area contributed by atoms with Crippen LogP contribution in [0.2, 0.25) is 0 Å². The molecule has 0 radical (unpaired) electrons. The summed E-state index contributed by atoms with van der Waals surface area (Å²) in [4.78, 5) is 0. The van der Waals surface area contributed by atoms with Crippen LogP contribution < -0.4 is 21.2 Å². The molecule has 0 atom stereocenters. The Labute approximate surface area is 51.6 Å². The molecule has 0 spiro atoms. The van der Waals surface area contributed by atoms with Crippen molar-refractivity contribution in [1.82, 2.24) is 0 Å². The van der Waals surface area contributed by atoms with Crippen molar-refractivity contribution in [2.24, 2.45) is 0 Å². The Morgan fingerprint density at radius 1 is 1.00 bits per heavy atom. The van der Waals surface area contributed by atoms with E-state index >= 15 is 0 Å². The van der Waals surface area contributed by atoms with Crippen molar-refractivity contribution in [2.45, 2.75) is 21.3 Å². The molecule has 0 aromatic heterocycles. The van der Waals surface area contributed by atoms with Gasteiger partial charge in [-0.2, -0.15) is 0 Å². The molecule has 6 heavy (non-hydrogen) atoms. The summed E-state index contributed by atoms with van der Waals surface area (Å²) in [6.07, 6.45) is 1.55. The Morgan fingerprint density at radius 2 is 1.17 bits per heavy atom. The molecular weight excluding hydrogens is 187 g/mol. The van der Waals surface area contributed by atoms with Crippen molar-refractivity contribution in [3.05, 3.63) is 0 Å². The molecule has 0 aromatic rings. The quantitative estimate of drug-likeness (QED) is 0.339. The van der Waals surface area contributed by atoms with Gasteiger partial charge >= 0.3 is 36.5 Å². The SMILES string of the molecule is C.C.C1C[I-]C1. The molecule has 1 rings (SSSR count). The van der Waals surface area contributed by atoms with Gasteiger partial charge < -0.3 is 0 Å². The summed E-state index contributed by atoms with van der Waals surface area (Å²) in [6, 6.07) is 0. The first-order valence-corrected chi connectivity index (χ1v) is 4.59. The fourth-order valence-corrected chi connectivity index (χ4v) is 0.896. The van der Waals surface area contributed by atoms with Gasteiger partial charge in [-0.15, -0.1) is 0 Å². The van der Waals surface area contributed by atoms with Crippen LogP contribution in [0, 0.1) is 0 Å². The predicted octanol–water partition coefficient (Wildman–Crippen LogP) is -1.25. The van der Waals surface area contributed by atoms with Crippen LogP contribution in [0.25, 0.3) is 0 Å². The van der Waals surface area contributed by atoms with E-state index in [4.69, 9.17) is 0 Å². The van der Waals surface area contributed by atoms with Crippen LogP contribution in [-0.4, -0.2) is 8.86 Å². The molecule has 1 heterocycles. The van der Waals surface area contributed by atoms with Gasteiger partial charge in [-0.25, -0.2) is 0 Å². The van der Waals surface area contributed by atoms with Crippen molar-refractivity contribution in [3.8, 4) is 0 Å². The van der Waals surface area contributed by atoms with Gasteiger partial charge in [-0.1, -0.05) is 14.9 Å². The number of hydrogen-bond acceptors (Lipinski definition) is 0. The summed E-state index contributed by atoms with van der Waals surface area (Å²) in [6.45, 7) is 0. The van der Waals surface area contributed by atoms with Gasteiger partial charge in [0, 0.05) is 0 Å². The molecule has 1 aliphatic rings. The average Bonchev–Trinajstić information content (AvgIpc) is 0.722. The van der Waals surface area contributed by atoms with Gasteiger partial charge in [-0.05, 0) is 0 Å². The van der Waals surface area contributed by atoms with Crippen molar-refractivity contribution in [2.75, 3.05) is 8.86 Å². The van der Waals surface area contributed by atoms with E-state index in [9.17, 15) is 0 Å². The first kappa shape index (κ1) is 9.88. The van der Waals surface area contributed by atoms with E-state index < -0.39 is 0 Å². The first-order valence-electron chi connectivity index (χ1n) is 1.53. The molecule has 0 bridgehead atoms. The van der Waals surface area contributed by atoms with Crippen LogP contribution in [0.15, 0.2) is 0 Å². The second kappa shape index (κ2) is 5.73. The molecule has 1 fully saturated rings. The minimum absolute atomic E-state index is 0. The van der Waals surface area contributed by atoms with E-state index in [1.165, 1.54) is 0 Å². The molecule has 0 saturated carbocycles. The van der Waals surface area contributed by atoms with Gasteiger partial charge in [0.2, 0.25) is 0 Å². The molecule has 0 nitrogen and oxygen atoms in total. The standard InChI is InChI=1S/C3H6I.2CH4/c1-2-4-3-1;;/h1-3H2;2*1H4/q-1;;. The Balaban J connectivity index is 0. The molecule has 1 heteroatoms.